The van der Waals surface area contributed by atoms with Gasteiger partial charge in [0, 0.05) is 12.6 Å². The number of rotatable bonds is 3. The number of aromatic amines is 2. The van der Waals surface area contributed by atoms with E-state index in [1.807, 2.05) is 48.2 Å². The van der Waals surface area contributed by atoms with Crippen molar-refractivity contribution in [1.82, 2.24) is 25.1 Å². The molecular formula is C20H19N5O2. The Labute approximate surface area is 155 Å². The van der Waals surface area contributed by atoms with Crippen molar-refractivity contribution < 1.29 is 9.21 Å². The summed E-state index contributed by atoms with van der Waals surface area (Å²) in [7, 11) is 0. The molecule has 1 aromatic carbocycles. The van der Waals surface area contributed by atoms with Crippen molar-refractivity contribution in [3.05, 3.63) is 59.7 Å². The number of aromatic nitrogens is 4. The van der Waals surface area contributed by atoms with E-state index in [1.165, 1.54) is 0 Å². The van der Waals surface area contributed by atoms with Gasteiger partial charge in [0.05, 0.1) is 17.1 Å². The van der Waals surface area contributed by atoms with Crippen LogP contribution in [0.15, 0.2) is 46.9 Å². The molecule has 1 atom stereocenters. The van der Waals surface area contributed by atoms with Gasteiger partial charge in [-0.3, -0.25) is 9.89 Å². The van der Waals surface area contributed by atoms with E-state index >= 15 is 0 Å². The minimum absolute atomic E-state index is 0.0593. The highest BCUT2D eigenvalue weighted by atomic mass is 16.3. The molecule has 1 saturated heterocycles. The van der Waals surface area contributed by atoms with Gasteiger partial charge in [0.15, 0.2) is 11.5 Å². The molecule has 7 heteroatoms. The van der Waals surface area contributed by atoms with Crippen LogP contribution in [0.25, 0.3) is 22.5 Å². The average molecular weight is 361 g/mol. The second-order valence-corrected chi connectivity index (χ2v) is 6.87. The molecule has 7 nitrogen and oxygen atoms in total. The predicted octanol–water partition coefficient (Wildman–Crippen LogP) is 3.83. The molecule has 0 radical (unpaired) electrons. The molecule has 0 unspecified atom stereocenters. The Bertz CT molecular complexity index is 1090. The molecule has 27 heavy (non-hydrogen) atoms. The lowest BCUT2D eigenvalue weighted by atomic mass is 10.2. The summed E-state index contributed by atoms with van der Waals surface area (Å²) in [5.74, 6) is 2.23. The third-order valence-electron chi connectivity index (χ3n) is 5.04. The molecule has 1 fully saturated rings. The number of carbonyl (C=O) groups is 1. The van der Waals surface area contributed by atoms with Crippen LogP contribution >= 0.6 is 0 Å². The van der Waals surface area contributed by atoms with E-state index in [4.69, 9.17) is 4.42 Å². The van der Waals surface area contributed by atoms with Gasteiger partial charge in [0.2, 0.25) is 0 Å². The Balaban J connectivity index is 1.43. The van der Waals surface area contributed by atoms with Crippen molar-refractivity contribution in [3.8, 4) is 11.5 Å². The zero-order valence-corrected chi connectivity index (χ0v) is 14.9. The van der Waals surface area contributed by atoms with Crippen LogP contribution < -0.4 is 0 Å². The fourth-order valence-corrected chi connectivity index (χ4v) is 3.71. The smallest absolute Gasteiger partial charge is 0.274 e. The molecule has 0 aliphatic carbocycles. The normalized spacial score (nSPS) is 17.1. The number of benzene rings is 1. The van der Waals surface area contributed by atoms with Gasteiger partial charge in [0.25, 0.3) is 5.91 Å². The highest BCUT2D eigenvalue weighted by Gasteiger charge is 2.33. The minimum atomic E-state index is -0.0938. The zero-order chi connectivity index (χ0) is 18.4. The monoisotopic (exact) mass is 361 g/mol. The van der Waals surface area contributed by atoms with Crippen LogP contribution in [0.2, 0.25) is 0 Å². The van der Waals surface area contributed by atoms with Crippen molar-refractivity contribution >= 4 is 16.9 Å². The molecule has 1 aliphatic rings. The molecule has 0 spiro atoms. The summed E-state index contributed by atoms with van der Waals surface area (Å²) in [6.07, 6.45) is 1.84. The number of carbonyl (C=O) groups excluding carboxylic acids is 1. The quantitative estimate of drug-likeness (QED) is 0.580. The van der Waals surface area contributed by atoms with Crippen molar-refractivity contribution in [2.24, 2.45) is 0 Å². The first-order valence-electron chi connectivity index (χ1n) is 9.07. The Morgan fingerprint density at radius 2 is 2.15 bits per heavy atom. The lowest BCUT2D eigenvalue weighted by Crippen LogP contribution is -2.31. The number of nitrogens with zero attached hydrogens (tertiary/aromatic N) is 3. The molecule has 4 aromatic rings. The van der Waals surface area contributed by atoms with Crippen LogP contribution in [0.3, 0.4) is 0 Å². The first kappa shape index (κ1) is 15.9. The van der Waals surface area contributed by atoms with E-state index in [0.717, 1.165) is 35.5 Å². The molecular weight excluding hydrogens is 342 g/mol. The van der Waals surface area contributed by atoms with E-state index in [9.17, 15) is 4.79 Å². The van der Waals surface area contributed by atoms with Gasteiger partial charge >= 0.3 is 0 Å². The maximum atomic E-state index is 13.1. The summed E-state index contributed by atoms with van der Waals surface area (Å²) < 4.78 is 5.60. The summed E-state index contributed by atoms with van der Waals surface area (Å²) in [4.78, 5) is 23.0. The summed E-state index contributed by atoms with van der Waals surface area (Å²) >= 11 is 0. The van der Waals surface area contributed by atoms with Crippen molar-refractivity contribution in [3.63, 3.8) is 0 Å². The Morgan fingerprint density at radius 3 is 2.96 bits per heavy atom. The molecule has 136 valence electrons. The van der Waals surface area contributed by atoms with Crippen molar-refractivity contribution in [2.45, 2.75) is 25.8 Å². The summed E-state index contributed by atoms with van der Waals surface area (Å²) in [5, 5.41) is 7.11. The molecule has 1 aliphatic heterocycles. The topological polar surface area (TPSA) is 90.8 Å². The van der Waals surface area contributed by atoms with Gasteiger partial charge in [-0.1, -0.05) is 12.1 Å². The van der Waals surface area contributed by atoms with Crippen LogP contribution in [-0.2, 0) is 0 Å². The maximum absolute atomic E-state index is 13.1. The molecule has 3 aromatic heterocycles. The standard InChI is InChI=1S/C20H19N5O2/c1-12-8-9-18(27-12)15-11-16(24-23-15)20(26)25-10-4-7-17(25)19-21-13-5-2-3-6-14(13)22-19/h2-3,5-6,8-9,11,17H,4,7,10H2,1H3,(H,21,22)(H,23,24)/t17-/m0/s1. The number of nitrogens with one attached hydrogen (secondary N) is 2. The Kier molecular flexibility index (Phi) is 3.60. The van der Waals surface area contributed by atoms with Crippen LogP contribution in [0.1, 0.15) is 41.0 Å². The molecule has 4 heterocycles. The largest absolute Gasteiger partial charge is 0.460 e. The Hall–Kier alpha value is -3.35. The van der Waals surface area contributed by atoms with Crippen LogP contribution in [0, 0.1) is 6.92 Å². The lowest BCUT2D eigenvalue weighted by molar-refractivity contribution is 0.0724. The minimum Gasteiger partial charge on any atom is -0.460 e. The van der Waals surface area contributed by atoms with Crippen molar-refractivity contribution in [2.75, 3.05) is 6.54 Å². The SMILES string of the molecule is Cc1ccc(-c2cc(C(=O)N3CCC[C@H]3c3nc4ccccc4[nH]3)n[nH]2)o1. The summed E-state index contributed by atoms with van der Waals surface area (Å²) in [6.45, 7) is 2.58. The number of para-hydroxylation sites is 2. The van der Waals surface area contributed by atoms with Crippen molar-refractivity contribution in [1.29, 1.82) is 0 Å². The van der Waals surface area contributed by atoms with E-state index in [1.54, 1.807) is 6.07 Å². The van der Waals surface area contributed by atoms with Crippen LogP contribution in [0.4, 0.5) is 0 Å². The van der Waals surface area contributed by atoms with Gasteiger partial charge in [-0.2, -0.15) is 5.10 Å². The number of imidazole rings is 1. The predicted molar refractivity (Wildman–Crippen MR) is 100 cm³/mol. The van der Waals surface area contributed by atoms with E-state index in [2.05, 4.69) is 20.2 Å². The second-order valence-electron chi connectivity index (χ2n) is 6.87. The lowest BCUT2D eigenvalue weighted by Gasteiger charge is -2.22. The first-order chi connectivity index (χ1) is 13.2. The van der Waals surface area contributed by atoms with Gasteiger partial charge in [0.1, 0.15) is 17.3 Å². The van der Waals surface area contributed by atoms with E-state index < -0.39 is 0 Å². The number of likely N-dealkylation sites (tertiary alicyclic amines) is 1. The summed E-state index contributed by atoms with van der Waals surface area (Å²) in [6, 6.07) is 13.3. The number of hydrogen-bond donors (Lipinski definition) is 2. The molecule has 2 N–H and O–H groups in total. The van der Waals surface area contributed by atoms with E-state index in [0.29, 0.717) is 23.7 Å². The third kappa shape index (κ3) is 2.71. The van der Waals surface area contributed by atoms with Gasteiger partial charge < -0.3 is 14.3 Å². The average Bonchev–Trinajstić information content (AvgIpc) is 3.44. The number of furan rings is 1. The fourth-order valence-electron chi connectivity index (χ4n) is 3.71. The first-order valence-corrected chi connectivity index (χ1v) is 9.07. The van der Waals surface area contributed by atoms with Crippen LogP contribution in [0.5, 0.6) is 0 Å². The number of hydrogen-bond acceptors (Lipinski definition) is 4. The van der Waals surface area contributed by atoms with Gasteiger partial charge in [-0.25, -0.2) is 4.98 Å². The third-order valence-corrected chi connectivity index (χ3v) is 5.04. The summed E-state index contributed by atoms with van der Waals surface area (Å²) in [5.41, 5.74) is 3.00. The van der Waals surface area contributed by atoms with Gasteiger partial charge in [-0.05, 0) is 44.0 Å². The van der Waals surface area contributed by atoms with Crippen LogP contribution in [-0.4, -0.2) is 37.5 Å². The molecule has 0 saturated carbocycles. The fraction of sp³-hybridized carbons (Fsp3) is 0.250. The number of fused-ring (bicyclic) bond motifs is 1. The number of aryl methyl sites for hydroxylation is 1. The highest BCUT2D eigenvalue weighted by molar-refractivity contribution is 5.93. The molecule has 1 amide bonds. The number of amides is 1. The van der Waals surface area contributed by atoms with E-state index in [-0.39, 0.29) is 11.9 Å². The highest BCUT2D eigenvalue weighted by Crippen LogP contribution is 2.33. The Morgan fingerprint density at radius 1 is 1.26 bits per heavy atom. The van der Waals surface area contributed by atoms with Gasteiger partial charge in [-0.15, -0.1) is 0 Å². The zero-order valence-electron chi connectivity index (χ0n) is 14.9. The molecule has 0 bridgehead atoms. The number of H-pyrrole nitrogens is 2. The molecule has 5 rings (SSSR count). The maximum Gasteiger partial charge on any atom is 0.274 e. The second kappa shape index (κ2) is 6.12.